The first-order valence-electron chi connectivity index (χ1n) is 6.40. The van der Waals surface area contributed by atoms with Crippen molar-refractivity contribution in [2.45, 2.75) is 38.8 Å². The van der Waals surface area contributed by atoms with Gasteiger partial charge in [-0.3, -0.25) is 9.59 Å². The Hall–Kier alpha value is -1.36. The lowest BCUT2D eigenvalue weighted by molar-refractivity contribution is -0.130. The van der Waals surface area contributed by atoms with E-state index in [1.165, 1.54) is 0 Å². The summed E-state index contributed by atoms with van der Waals surface area (Å²) in [6.07, 6.45) is 4.90. The first-order valence-corrected chi connectivity index (χ1v) is 6.40. The van der Waals surface area contributed by atoms with E-state index >= 15 is 0 Å². The lowest BCUT2D eigenvalue weighted by Crippen LogP contribution is -2.48. The summed E-state index contributed by atoms with van der Waals surface area (Å²) in [7, 11) is 1.58. The highest BCUT2D eigenvalue weighted by Crippen LogP contribution is 2.17. The number of hydrogen-bond donors (Lipinski definition) is 3. The van der Waals surface area contributed by atoms with Gasteiger partial charge in [-0.2, -0.15) is 0 Å². The summed E-state index contributed by atoms with van der Waals surface area (Å²) in [6.45, 7) is 4.04. The fourth-order valence-corrected chi connectivity index (χ4v) is 2.08. The van der Waals surface area contributed by atoms with E-state index in [4.69, 9.17) is 5.73 Å². The van der Waals surface area contributed by atoms with E-state index in [-0.39, 0.29) is 23.8 Å². The van der Waals surface area contributed by atoms with Crippen LogP contribution in [0.3, 0.4) is 0 Å². The van der Waals surface area contributed by atoms with Crippen LogP contribution in [0.25, 0.3) is 0 Å². The Morgan fingerprint density at radius 1 is 1.39 bits per heavy atom. The van der Waals surface area contributed by atoms with Gasteiger partial charge in [-0.1, -0.05) is 26.0 Å². The zero-order valence-electron chi connectivity index (χ0n) is 11.3. The summed E-state index contributed by atoms with van der Waals surface area (Å²) < 4.78 is 0. The zero-order chi connectivity index (χ0) is 13.7. The molecule has 0 heterocycles. The second-order valence-electron chi connectivity index (χ2n) is 5.20. The molecule has 1 aliphatic rings. The Morgan fingerprint density at radius 2 is 2.06 bits per heavy atom. The van der Waals surface area contributed by atoms with Gasteiger partial charge in [0, 0.05) is 13.1 Å². The fourth-order valence-electron chi connectivity index (χ4n) is 2.08. The summed E-state index contributed by atoms with van der Waals surface area (Å²) in [5.74, 6) is -0.134. The number of rotatable bonds is 5. The number of amides is 2. The van der Waals surface area contributed by atoms with Crippen LogP contribution in [0.15, 0.2) is 12.2 Å². The Labute approximate surface area is 108 Å². The molecule has 0 spiro atoms. The third-order valence-electron chi connectivity index (χ3n) is 3.04. The van der Waals surface area contributed by atoms with E-state index in [1.54, 1.807) is 7.05 Å². The SMILES string of the molecule is CNC(=O)C(CC(C)C)NC(=O)C1C=CC(N)C1. The number of carbonyl (C=O) groups excluding carboxylic acids is 2. The molecule has 2 amide bonds. The topological polar surface area (TPSA) is 84.2 Å². The molecule has 1 aliphatic carbocycles. The maximum absolute atomic E-state index is 12.0. The van der Waals surface area contributed by atoms with Gasteiger partial charge in [-0.25, -0.2) is 0 Å². The summed E-state index contributed by atoms with van der Waals surface area (Å²) >= 11 is 0. The van der Waals surface area contributed by atoms with E-state index in [0.29, 0.717) is 18.8 Å². The highest BCUT2D eigenvalue weighted by molar-refractivity contribution is 5.89. The van der Waals surface area contributed by atoms with E-state index < -0.39 is 6.04 Å². The van der Waals surface area contributed by atoms with E-state index in [9.17, 15) is 9.59 Å². The van der Waals surface area contributed by atoms with Crippen molar-refractivity contribution >= 4 is 11.8 Å². The highest BCUT2D eigenvalue weighted by Gasteiger charge is 2.27. The third-order valence-corrected chi connectivity index (χ3v) is 3.04. The summed E-state index contributed by atoms with van der Waals surface area (Å²) in [5.41, 5.74) is 5.71. The van der Waals surface area contributed by atoms with Crippen LogP contribution in [-0.2, 0) is 9.59 Å². The van der Waals surface area contributed by atoms with Crippen LogP contribution in [0.4, 0.5) is 0 Å². The van der Waals surface area contributed by atoms with Gasteiger partial charge in [0.2, 0.25) is 11.8 Å². The molecule has 0 saturated heterocycles. The quantitative estimate of drug-likeness (QED) is 0.611. The minimum absolute atomic E-state index is 0.0516. The molecule has 3 unspecified atom stereocenters. The number of nitrogens with one attached hydrogen (secondary N) is 2. The number of likely N-dealkylation sites (N-methyl/N-ethyl adjacent to an activating group) is 1. The van der Waals surface area contributed by atoms with Crippen LogP contribution < -0.4 is 16.4 Å². The van der Waals surface area contributed by atoms with Crippen molar-refractivity contribution in [1.29, 1.82) is 0 Å². The molecule has 0 fully saturated rings. The molecule has 4 N–H and O–H groups in total. The minimum atomic E-state index is -0.465. The van der Waals surface area contributed by atoms with Gasteiger partial charge in [-0.05, 0) is 18.8 Å². The second kappa shape index (κ2) is 6.54. The standard InChI is InChI=1S/C13H23N3O2/c1-8(2)6-11(13(18)15-3)16-12(17)9-4-5-10(14)7-9/h4-5,8-11H,6-7,14H2,1-3H3,(H,15,18)(H,16,17). The van der Waals surface area contributed by atoms with Gasteiger partial charge in [0.25, 0.3) is 0 Å². The highest BCUT2D eigenvalue weighted by atomic mass is 16.2. The van der Waals surface area contributed by atoms with Crippen molar-refractivity contribution in [2.75, 3.05) is 7.05 Å². The first-order chi connectivity index (χ1) is 8.43. The van der Waals surface area contributed by atoms with E-state index in [1.807, 2.05) is 26.0 Å². The number of carbonyl (C=O) groups is 2. The van der Waals surface area contributed by atoms with Gasteiger partial charge < -0.3 is 16.4 Å². The van der Waals surface area contributed by atoms with Crippen LogP contribution in [0.2, 0.25) is 0 Å². The summed E-state index contributed by atoms with van der Waals surface area (Å²) in [6, 6.07) is -0.517. The predicted molar refractivity (Wildman–Crippen MR) is 70.7 cm³/mol. The molecule has 1 rings (SSSR count). The van der Waals surface area contributed by atoms with Crippen LogP contribution in [-0.4, -0.2) is 30.9 Å². The molecule has 102 valence electrons. The minimum Gasteiger partial charge on any atom is -0.357 e. The number of nitrogens with two attached hydrogens (primary N) is 1. The average molecular weight is 253 g/mol. The average Bonchev–Trinajstić information content (AvgIpc) is 2.73. The molecule has 0 aromatic rings. The zero-order valence-corrected chi connectivity index (χ0v) is 11.3. The van der Waals surface area contributed by atoms with Gasteiger partial charge >= 0.3 is 0 Å². The molecule has 5 heteroatoms. The largest absolute Gasteiger partial charge is 0.357 e. The van der Waals surface area contributed by atoms with E-state index in [0.717, 1.165) is 0 Å². The molecule has 18 heavy (non-hydrogen) atoms. The number of hydrogen-bond acceptors (Lipinski definition) is 3. The lowest BCUT2D eigenvalue weighted by Gasteiger charge is -2.20. The second-order valence-corrected chi connectivity index (χ2v) is 5.20. The molecule has 0 radical (unpaired) electrons. The third kappa shape index (κ3) is 4.14. The van der Waals surface area contributed by atoms with Crippen LogP contribution in [0.1, 0.15) is 26.7 Å². The molecule has 5 nitrogen and oxygen atoms in total. The van der Waals surface area contributed by atoms with Gasteiger partial charge in [-0.15, -0.1) is 0 Å². The van der Waals surface area contributed by atoms with Crippen molar-refractivity contribution in [2.24, 2.45) is 17.6 Å². The fraction of sp³-hybridized carbons (Fsp3) is 0.692. The molecule has 0 bridgehead atoms. The molecule has 0 aromatic carbocycles. The van der Waals surface area contributed by atoms with Crippen LogP contribution in [0, 0.1) is 11.8 Å². The molecule has 3 atom stereocenters. The van der Waals surface area contributed by atoms with Crippen molar-refractivity contribution in [3.63, 3.8) is 0 Å². The first kappa shape index (κ1) is 14.7. The molecule has 0 saturated carbocycles. The molecular formula is C13H23N3O2. The maximum Gasteiger partial charge on any atom is 0.242 e. The maximum atomic E-state index is 12.0. The van der Waals surface area contributed by atoms with Crippen molar-refractivity contribution in [3.8, 4) is 0 Å². The van der Waals surface area contributed by atoms with Crippen molar-refractivity contribution < 1.29 is 9.59 Å². The summed E-state index contributed by atoms with van der Waals surface area (Å²) in [4.78, 5) is 23.7. The lowest BCUT2D eigenvalue weighted by atomic mass is 10.0. The van der Waals surface area contributed by atoms with Crippen molar-refractivity contribution in [3.05, 3.63) is 12.2 Å². The molecule has 0 aromatic heterocycles. The smallest absolute Gasteiger partial charge is 0.242 e. The molecule has 0 aliphatic heterocycles. The predicted octanol–water partition coefficient (Wildman–Crippen LogP) is 0.167. The molecular weight excluding hydrogens is 230 g/mol. The van der Waals surface area contributed by atoms with Gasteiger partial charge in [0.15, 0.2) is 0 Å². The normalized spacial score (nSPS) is 24.1. The Morgan fingerprint density at radius 3 is 2.50 bits per heavy atom. The monoisotopic (exact) mass is 253 g/mol. The van der Waals surface area contributed by atoms with Crippen molar-refractivity contribution in [1.82, 2.24) is 10.6 Å². The van der Waals surface area contributed by atoms with Gasteiger partial charge in [0.1, 0.15) is 6.04 Å². The van der Waals surface area contributed by atoms with Crippen LogP contribution in [0.5, 0.6) is 0 Å². The Kier molecular flexibility index (Phi) is 5.34. The van der Waals surface area contributed by atoms with E-state index in [2.05, 4.69) is 10.6 Å². The Balaban J connectivity index is 2.57. The van der Waals surface area contributed by atoms with Crippen LogP contribution >= 0.6 is 0 Å². The van der Waals surface area contributed by atoms with Gasteiger partial charge in [0.05, 0.1) is 5.92 Å². The Bertz CT molecular complexity index is 339. The summed E-state index contributed by atoms with van der Waals surface area (Å²) in [5, 5.41) is 5.38.